The second kappa shape index (κ2) is 8.60. The molecular weight excluding hydrogens is 332 g/mol. The first kappa shape index (κ1) is 19.5. The number of unbranched alkanes of at least 4 members (excludes halogenated alkanes) is 1. The zero-order valence-electron chi connectivity index (χ0n) is 17.1. The minimum atomic E-state index is 0.0506. The highest BCUT2D eigenvalue weighted by Crippen LogP contribution is 2.38. The summed E-state index contributed by atoms with van der Waals surface area (Å²) in [5.41, 5.74) is 7.05. The highest BCUT2D eigenvalue weighted by Gasteiger charge is 2.28. The Bertz CT molecular complexity index is 840. The molecule has 1 amide bonds. The number of benzene rings is 1. The second-order valence-electron chi connectivity index (χ2n) is 7.72. The van der Waals surface area contributed by atoms with Crippen LogP contribution in [0.15, 0.2) is 36.4 Å². The van der Waals surface area contributed by atoms with E-state index >= 15 is 0 Å². The van der Waals surface area contributed by atoms with Gasteiger partial charge < -0.3 is 9.88 Å². The van der Waals surface area contributed by atoms with Gasteiger partial charge in [-0.05, 0) is 69.2 Å². The lowest BCUT2D eigenvalue weighted by atomic mass is 9.97. The minimum Gasteiger partial charge on any atom is -0.352 e. The number of amides is 1. The lowest BCUT2D eigenvalue weighted by molar-refractivity contribution is 0.0954. The van der Waals surface area contributed by atoms with Crippen LogP contribution in [-0.4, -0.2) is 17.0 Å². The molecule has 0 radical (unpaired) electrons. The lowest BCUT2D eigenvalue weighted by Crippen LogP contribution is -2.25. The highest BCUT2D eigenvalue weighted by molar-refractivity contribution is 5.95. The van der Waals surface area contributed by atoms with Crippen molar-refractivity contribution in [2.75, 3.05) is 6.54 Å². The highest BCUT2D eigenvalue weighted by atomic mass is 16.1. The number of hydrogen-bond donors (Lipinski definition) is 1. The van der Waals surface area contributed by atoms with Gasteiger partial charge in [0, 0.05) is 24.0 Å². The number of allylic oxidation sites excluding steroid dienone is 1. The topological polar surface area (TPSA) is 34.0 Å². The lowest BCUT2D eigenvalue weighted by Gasteiger charge is -2.12. The van der Waals surface area contributed by atoms with E-state index in [1.165, 1.54) is 35.2 Å². The maximum Gasteiger partial charge on any atom is 0.253 e. The molecule has 1 heterocycles. The quantitative estimate of drug-likeness (QED) is 0.635. The first-order valence-electron chi connectivity index (χ1n) is 10.2. The summed E-state index contributed by atoms with van der Waals surface area (Å²) in [5.74, 6) is 0.0506. The summed E-state index contributed by atoms with van der Waals surface area (Å²) in [6, 6.07) is 11.2. The van der Waals surface area contributed by atoms with Crippen molar-refractivity contribution < 1.29 is 4.79 Å². The van der Waals surface area contributed by atoms with Gasteiger partial charge in [-0.3, -0.25) is 4.79 Å². The number of hydrogen-bond acceptors (Lipinski definition) is 1. The molecule has 0 bridgehead atoms. The standard InChI is InChI=1S/C24H32N2O/c1-5-6-10-20(22-11-8-7-9-17(22)2)14-15-25-24(27)23-16-18(3)26(19(23)4)21-12-13-21/h7-11,16,21H,5-6,12-15H2,1-4H3,(H,25,27)/b20-10-. The molecule has 0 unspecified atom stereocenters. The molecule has 0 spiro atoms. The third-order valence-corrected chi connectivity index (χ3v) is 5.49. The smallest absolute Gasteiger partial charge is 0.253 e. The summed E-state index contributed by atoms with van der Waals surface area (Å²) in [6.07, 6.45) is 7.86. The van der Waals surface area contributed by atoms with Gasteiger partial charge in [0.15, 0.2) is 0 Å². The molecule has 1 aliphatic rings. The van der Waals surface area contributed by atoms with E-state index in [9.17, 15) is 4.79 Å². The molecular formula is C24H32N2O. The van der Waals surface area contributed by atoms with E-state index in [0.717, 1.165) is 30.5 Å². The van der Waals surface area contributed by atoms with Crippen LogP contribution >= 0.6 is 0 Å². The zero-order valence-corrected chi connectivity index (χ0v) is 17.1. The van der Waals surface area contributed by atoms with Gasteiger partial charge in [-0.25, -0.2) is 0 Å². The molecule has 0 aliphatic heterocycles. The molecule has 3 heteroatoms. The third kappa shape index (κ3) is 4.52. The molecule has 3 nitrogen and oxygen atoms in total. The summed E-state index contributed by atoms with van der Waals surface area (Å²) in [5, 5.41) is 3.14. The van der Waals surface area contributed by atoms with Crippen molar-refractivity contribution in [2.24, 2.45) is 0 Å². The van der Waals surface area contributed by atoms with Gasteiger partial charge in [0.2, 0.25) is 0 Å². The Hall–Kier alpha value is -2.29. The Morgan fingerprint density at radius 1 is 1.19 bits per heavy atom. The molecule has 1 aromatic carbocycles. The summed E-state index contributed by atoms with van der Waals surface area (Å²) >= 11 is 0. The molecule has 144 valence electrons. The van der Waals surface area contributed by atoms with Gasteiger partial charge in [0.05, 0.1) is 5.56 Å². The van der Waals surface area contributed by atoms with E-state index in [2.05, 4.69) is 67.9 Å². The van der Waals surface area contributed by atoms with E-state index < -0.39 is 0 Å². The summed E-state index contributed by atoms with van der Waals surface area (Å²) in [6.45, 7) is 9.19. The molecule has 1 aliphatic carbocycles. The fourth-order valence-electron chi connectivity index (χ4n) is 3.91. The van der Waals surface area contributed by atoms with Crippen molar-refractivity contribution in [3.05, 3.63) is 64.5 Å². The zero-order chi connectivity index (χ0) is 19.4. The van der Waals surface area contributed by atoms with Crippen LogP contribution in [0, 0.1) is 20.8 Å². The first-order valence-corrected chi connectivity index (χ1v) is 10.2. The van der Waals surface area contributed by atoms with Crippen LogP contribution in [-0.2, 0) is 0 Å². The Balaban J connectivity index is 1.66. The SMILES string of the molecule is CCC/C=C(/CCNC(=O)c1cc(C)n(C2CC2)c1C)c1ccccc1C. The number of nitrogens with one attached hydrogen (secondary N) is 1. The van der Waals surface area contributed by atoms with Crippen LogP contribution in [0.25, 0.3) is 5.57 Å². The third-order valence-electron chi connectivity index (χ3n) is 5.49. The predicted molar refractivity (Wildman–Crippen MR) is 113 cm³/mol. The average Bonchev–Trinajstić information content (AvgIpc) is 3.43. The monoisotopic (exact) mass is 364 g/mol. The van der Waals surface area contributed by atoms with Gasteiger partial charge >= 0.3 is 0 Å². The average molecular weight is 365 g/mol. The van der Waals surface area contributed by atoms with Crippen LogP contribution in [0.5, 0.6) is 0 Å². The summed E-state index contributed by atoms with van der Waals surface area (Å²) < 4.78 is 2.33. The van der Waals surface area contributed by atoms with Gasteiger partial charge in [-0.2, -0.15) is 0 Å². The molecule has 1 fully saturated rings. The van der Waals surface area contributed by atoms with Crippen LogP contribution in [0.3, 0.4) is 0 Å². The van der Waals surface area contributed by atoms with Crippen molar-refractivity contribution >= 4 is 11.5 Å². The predicted octanol–water partition coefficient (Wildman–Crippen LogP) is 5.75. The van der Waals surface area contributed by atoms with Crippen molar-refractivity contribution in [3.63, 3.8) is 0 Å². The van der Waals surface area contributed by atoms with E-state index in [0.29, 0.717) is 12.6 Å². The van der Waals surface area contributed by atoms with Gasteiger partial charge in [0.1, 0.15) is 0 Å². The molecule has 27 heavy (non-hydrogen) atoms. The fourth-order valence-corrected chi connectivity index (χ4v) is 3.91. The van der Waals surface area contributed by atoms with Crippen molar-refractivity contribution in [3.8, 4) is 0 Å². The molecule has 1 saturated carbocycles. The van der Waals surface area contributed by atoms with Crippen LogP contribution in [0.1, 0.15) is 77.9 Å². The van der Waals surface area contributed by atoms with Gasteiger partial charge in [0.25, 0.3) is 5.91 Å². The fraction of sp³-hybridized carbons (Fsp3) is 0.458. The normalized spacial score (nSPS) is 14.4. The van der Waals surface area contributed by atoms with Crippen LogP contribution in [0.2, 0.25) is 0 Å². The second-order valence-corrected chi connectivity index (χ2v) is 7.72. The number of aryl methyl sites for hydroxylation is 2. The molecule has 3 rings (SSSR count). The molecule has 1 N–H and O–H groups in total. The number of rotatable bonds is 8. The summed E-state index contributed by atoms with van der Waals surface area (Å²) in [4.78, 5) is 12.7. The molecule has 0 atom stereocenters. The Kier molecular flexibility index (Phi) is 6.20. The molecule has 1 aromatic heterocycles. The van der Waals surface area contributed by atoms with Crippen molar-refractivity contribution in [1.82, 2.24) is 9.88 Å². The van der Waals surface area contributed by atoms with E-state index in [1.54, 1.807) is 0 Å². The first-order chi connectivity index (χ1) is 13.0. The molecule has 2 aromatic rings. The number of carbonyl (C=O) groups is 1. The Morgan fingerprint density at radius 3 is 2.59 bits per heavy atom. The van der Waals surface area contributed by atoms with E-state index in [-0.39, 0.29) is 5.91 Å². The van der Waals surface area contributed by atoms with E-state index in [1.807, 2.05) is 6.07 Å². The van der Waals surface area contributed by atoms with Crippen LogP contribution < -0.4 is 5.32 Å². The maximum absolute atomic E-state index is 12.7. The largest absolute Gasteiger partial charge is 0.352 e. The number of nitrogens with zero attached hydrogens (tertiary/aromatic N) is 1. The number of carbonyl (C=O) groups excluding carboxylic acids is 1. The van der Waals surface area contributed by atoms with Gasteiger partial charge in [-0.15, -0.1) is 0 Å². The van der Waals surface area contributed by atoms with Crippen molar-refractivity contribution in [1.29, 1.82) is 0 Å². The Morgan fingerprint density at radius 2 is 1.93 bits per heavy atom. The van der Waals surface area contributed by atoms with E-state index in [4.69, 9.17) is 0 Å². The Labute approximate surface area is 163 Å². The summed E-state index contributed by atoms with van der Waals surface area (Å²) in [7, 11) is 0. The minimum absolute atomic E-state index is 0.0506. The maximum atomic E-state index is 12.7. The number of aromatic nitrogens is 1. The van der Waals surface area contributed by atoms with Crippen LogP contribution in [0.4, 0.5) is 0 Å². The van der Waals surface area contributed by atoms with Gasteiger partial charge in [-0.1, -0.05) is 43.7 Å². The van der Waals surface area contributed by atoms with Crippen molar-refractivity contribution in [2.45, 2.75) is 65.8 Å². The molecule has 0 saturated heterocycles.